The number of benzene rings is 3. The number of nitrogens with two attached hydrogens (primary N) is 1. The first-order valence-electron chi connectivity index (χ1n) is 11.8. The molecule has 0 aromatic heterocycles. The average Bonchev–Trinajstić information content (AvgIpc) is 3.26. The van der Waals surface area contributed by atoms with Crippen LogP contribution in [0.5, 0.6) is 5.75 Å². The van der Waals surface area contributed by atoms with E-state index in [-0.39, 0.29) is 40.7 Å². The minimum Gasteiger partial charge on any atom is -0.488 e. The molecule has 0 bridgehead atoms. The molecule has 0 aliphatic carbocycles. The second kappa shape index (κ2) is 11.7. The molecule has 4 N–H and O–H groups in total. The van der Waals surface area contributed by atoms with Crippen LogP contribution in [0.1, 0.15) is 21.5 Å². The number of ether oxygens (including phenoxy) is 1. The molecular formula is C27H28ClF2N3O3. The lowest BCUT2D eigenvalue weighted by molar-refractivity contribution is 0.100. The summed E-state index contributed by atoms with van der Waals surface area (Å²) in [4.78, 5) is 14.2. The van der Waals surface area contributed by atoms with E-state index in [1.165, 1.54) is 23.8 Å². The van der Waals surface area contributed by atoms with Gasteiger partial charge in [0, 0.05) is 36.4 Å². The van der Waals surface area contributed by atoms with Crippen molar-refractivity contribution in [2.45, 2.75) is 12.8 Å². The highest BCUT2D eigenvalue weighted by atomic mass is 35.5. The third-order valence-electron chi connectivity index (χ3n) is 6.24. The van der Waals surface area contributed by atoms with Crippen LogP contribution < -0.4 is 20.7 Å². The number of primary amides is 1. The molecule has 9 heteroatoms. The lowest BCUT2D eigenvalue weighted by Crippen LogP contribution is -2.31. The van der Waals surface area contributed by atoms with Crippen molar-refractivity contribution in [1.82, 2.24) is 5.32 Å². The fourth-order valence-electron chi connectivity index (χ4n) is 4.54. The first-order chi connectivity index (χ1) is 17.4. The Morgan fingerprint density at radius 1 is 1.14 bits per heavy atom. The van der Waals surface area contributed by atoms with Gasteiger partial charge in [-0.05, 0) is 48.7 Å². The molecule has 1 aliphatic heterocycles. The van der Waals surface area contributed by atoms with Crippen molar-refractivity contribution in [2.75, 3.05) is 44.3 Å². The van der Waals surface area contributed by atoms with Crippen LogP contribution in [-0.2, 0) is 12.8 Å². The van der Waals surface area contributed by atoms with E-state index < -0.39 is 17.5 Å². The van der Waals surface area contributed by atoms with Crippen molar-refractivity contribution in [2.24, 2.45) is 5.73 Å². The van der Waals surface area contributed by atoms with Crippen LogP contribution in [0.4, 0.5) is 14.5 Å². The fraction of sp³-hybridized carbons (Fsp3) is 0.296. The number of carbonyl (C=O) groups is 1. The maximum atomic E-state index is 15.6. The normalized spacial score (nSPS) is 12.6. The highest BCUT2D eigenvalue weighted by molar-refractivity contribution is 6.34. The average molecular weight is 516 g/mol. The molecule has 3 aromatic rings. The van der Waals surface area contributed by atoms with Gasteiger partial charge in [0.25, 0.3) is 0 Å². The lowest BCUT2D eigenvalue weighted by Gasteiger charge is -2.22. The molecule has 0 atom stereocenters. The van der Waals surface area contributed by atoms with Crippen molar-refractivity contribution < 1.29 is 23.4 Å². The molecule has 1 amide bonds. The lowest BCUT2D eigenvalue weighted by atomic mass is 9.92. The van der Waals surface area contributed by atoms with Crippen molar-refractivity contribution in [3.63, 3.8) is 0 Å². The van der Waals surface area contributed by atoms with E-state index in [1.54, 1.807) is 0 Å². The molecule has 0 radical (unpaired) electrons. The molecule has 0 fully saturated rings. The highest BCUT2D eigenvalue weighted by Gasteiger charge is 2.31. The van der Waals surface area contributed by atoms with Crippen LogP contribution in [0.3, 0.4) is 0 Å². The van der Waals surface area contributed by atoms with Crippen molar-refractivity contribution in [3.8, 4) is 16.9 Å². The number of nitrogens with zero attached hydrogens (tertiary/aromatic N) is 1. The predicted molar refractivity (Wildman–Crippen MR) is 137 cm³/mol. The second-order valence-corrected chi connectivity index (χ2v) is 8.88. The summed E-state index contributed by atoms with van der Waals surface area (Å²) in [6.07, 6.45) is 1.39. The minimum absolute atomic E-state index is 0.104. The van der Waals surface area contributed by atoms with E-state index in [2.05, 4.69) is 17.4 Å². The highest BCUT2D eigenvalue weighted by Crippen LogP contribution is 2.45. The van der Waals surface area contributed by atoms with Gasteiger partial charge >= 0.3 is 0 Å². The van der Waals surface area contributed by atoms with E-state index in [1.807, 2.05) is 23.1 Å². The number of aliphatic hydroxyl groups is 1. The Labute approximate surface area is 213 Å². The zero-order valence-electron chi connectivity index (χ0n) is 19.7. The summed E-state index contributed by atoms with van der Waals surface area (Å²) in [7, 11) is 0. The van der Waals surface area contributed by atoms with Crippen molar-refractivity contribution >= 4 is 23.2 Å². The van der Waals surface area contributed by atoms with Gasteiger partial charge in [-0.2, -0.15) is 0 Å². The molecule has 1 heterocycles. The third-order valence-corrected chi connectivity index (χ3v) is 6.61. The summed E-state index contributed by atoms with van der Waals surface area (Å²) in [6.45, 7) is 2.23. The molecule has 0 saturated carbocycles. The van der Waals surface area contributed by atoms with Crippen LogP contribution in [-0.4, -0.2) is 50.4 Å². The number of amides is 1. The van der Waals surface area contributed by atoms with Gasteiger partial charge in [0.1, 0.15) is 12.4 Å². The summed E-state index contributed by atoms with van der Waals surface area (Å²) in [5, 5.41) is 12.2. The number of aliphatic hydroxyl groups excluding tert-OH is 1. The standard InChI is InChI=1S/C27H28ClF2N3O3/c28-25-20(29)16-21-18(9-12-33(21)13-11-32-10-8-17-4-2-1-3-5-17)23(25)24-19(27(31)35)6-7-22(26(24)30)36-15-14-34/h1-7,16,32,34H,8-15H2,(H2,31,35). The maximum absolute atomic E-state index is 15.6. The number of halogens is 3. The number of anilines is 1. The predicted octanol–water partition coefficient (Wildman–Crippen LogP) is 3.95. The van der Waals surface area contributed by atoms with E-state index in [9.17, 15) is 4.79 Å². The molecule has 36 heavy (non-hydrogen) atoms. The van der Waals surface area contributed by atoms with E-state index in [0.717, 1.165) is 13.0 Å². The number of rotatable bonds is 11. The summed E-state index contributed by atoms with van der Waals surface area (Å²) in [5.41, 5.74) is 7.81. The summed E-state index contributed by atoms with van der Waals surface area (Å²) >= 11 is 6.36. The van der Waals surface area contributed by atoms with Gasteiger partial charge in [-0.15, -0.1) is 0 Å². The zero-order chi connectivity index (χ0) is 25.7. The summed E-state index contributed by atoms with van der Waals surface area (Å²) in [6, 6.07) is 14.1. The van der Waals surface area contributed by atoms with Gasteiger partial charge in [-0.1, -0.05) is 41.9 Å². The van der Waals surface area contributed by atoms with Crippen molar-refractivity contribution in [1.29, 1.82) is 0 Å². The Morgan fingerprint density at radius 3 is 2.64 bits per heavy atom. The second-order valence-electron chi connectivity index (χ2n) is 8.50. The first-order valence-corrected chi connectivity index (χ1v) is 12.2. The SMILES string of the molecule is NC(=O)c1ccc(OCCO)c(F)c1-c1c(Cl)c(F)cc2c1CCN2CCNCCc1ccccc1. The van der Waals surface area contributed by atoms with Gasteiger partial charge in [-0.3, -0.25) is 4.79 Å². The number of hydrogen-bond donors (Lipinski definition) is 3. The number of nitrogens with one attached hydrogen (secondary N) is 1. The van der Waals surface area contributed by atoms with Gasteiger partial charge in [-0.25, -0.2) is 8.78 Å². The molecule has 0 saturated heterocycles. The first kappa shape index (κ1) is 25.9. The van der Waals surface area contributed by atoms with Crippen LogP contribution in [0.15, 0.2) is 48.5 Å². The topological polar surface area (TPSA) is 87.8 Å². The smallest absolute Gasteiger partial charge is 0.249 e. The maximum Gasteiger partial charge on any atom is 0.249 e. The Morgan fingerprint density at radius 2 is 1.92 bits per heavy atom. The monoisotopic (exact) mass is 515 g/mol. The van der Waals surface area contributed by atoms with E-state index >= 15 is 8.78 Å². The largest absolute Gasteiger partial charge is 0.488 e. The van der Waals surface area contributed by atoms with Gasteiger partial charge < -0.3 is 25.8 Å². The number of hydrogen-bond acceptors (Lipinski definition) is 5. The molecule has 190 valence electrons. The fourth-order valence-corrected chi connectivity index (χ4v) is 4.80. The zero-order valence-corrected chi connectivity index (χ0v) is 20.5. The summed E-state index contributed by atoms with van der Waals surface area (Å²) < 4.78 is 35.9. The number of fused-ring (bicyclic) bond motifs is 1. The molecule has 4 rings (SSSR count). The molecule has 6 nitrogen and oxygen atoms in total. The van der Waals surface area contributed by atoms with Crippen LogP contribution in [0, 0.1) is 11.6 Å². The molecule has 3 aromatic carbocycles. The molecule has 1 aliphatic rings. The Kier molecular flexibility index (Phi) is 8.40. The van der Waals surface area contributed by atoms with E-state index in [0.29, 0.717) is 37.3 Å². The van der Waals surface area contributed by atoms with Gasteiger partial charge in [0.05, 0.1) is 17.2 Å². The molecule has 0 unspecified atom stereocenters. The van der Waals surface area contributed by atoms with Gasteiger partial charge in [0.15, 0.2) is 11.6 Å². The molecular weight excluding hydrogens is 488 g/mol. The Hall–Kier alpha value is -3.20. The van der Waals surface area contributed by atoms with Crippen LogP contribution >= 0.6 is 11.6 Å². The Bertz CT molecular complexity index is 1240. The van der Waals surface area contributed by atoms with Gasteiger partial charge in [0.2, 0.25) is 5.91 Å². The quantitative estimate of drug-likeness (QED) is 0.337. The van der Waals surface area contributed by atoms with Crippen LogP contribution in [0.2, 0.25) is 5.02 Å². The van der Waals surface area contributed by atoms with E-state index in [4.69, 9.17) is 27.2 Å². The molecule has 0 spiro atoms. The third kappa shape index (κ3) is 5.46. The summed E-state index contributed by atoms with van der Waals surface area (Å²) in [5.74, 6) is -2.65. The minimum atomic E-state index is -0.879. The Balaban J connectivity index is 1.60. The van der Waals surface area contributed by atoms with Crippen LogP contribution in [0.25, 0.3) is 11.1 Å². The van der Waals surface area contributed by atoms with Crippen molar-refractivity contribution in [3.05, 3.63) is 81.9 Å². The number of carbonyl (C=O) groups excluding carboxylic acids is 1.